The van der Waals surface area contributed by atoms with Crippen LogP contribution in [0.2, 0.25) is 5.02 Å². The normalized spacial score (nSPS) is 12.8. The van der Waals surface area contributed by atoms with Gasteiger partial charge < -0.3 is 10.6 Å². The highest BCUT2D eigenvalue weighted by molar-refractivity contribution is 9.10. The molecule has 84 valence electrons. The van der Waals surface area contributed by atoms with Crippen molar-refractivity contribution >= 4 is 27.5 Å². The fourth-order valence-corrected chi connectivity index (χ4v) is 1.86. The molecule has 0 heterocycles. The van der Waals surface area contributed by atoms with E-state index in [1.54, 1.807) is 0 Å². The lowest BCUT2D eigenvalue weighted by atomic mass is 10.2. The van der Waals surface area contributed by atoms with E-state index >= 15 is 0 Å². The van der Waals surface area contributed by atoms with Crippen molar-refractivity contribution < 1.29 is 0 Å². The standard InChI is InChI=1S/C11H16BrClN2/c1-8(6-14-2)15-7-9-3-4-11(13)10(12)5-9/h3-5,8,14-15H,6-7H2,1-2H3. The lowest BCUT2D eigenvalue weighted by molar-refractivity contribution is 0.523. The van der Waals surface area contributed by atoms with Gasteiger partial charge in [-0.25, -0.2) is 0 Å². The molecular formula is C11H16BrClN2. The number of nitrogens with one attached hydrogen (secondary N) is 2. The van der Waals surface area contributed by atoms with E-state index < -0.39 is 0 Å². The van der Waals surface area contributed by atoms with E-state index in [-0.39, 0.29) is 0 Å². The molecule has 4 heteroatoms. The van der Waals surface area contributed by atoms with Gasteiger partial charge in [-0.05, 0) is 47.6 Å². The molecular weight excluding hydrogens is 275 g/mol. The van der Waals surface area contributed by atoms with Gasteiger partial charge in [0.15, 0.2) is 0 Å². The quantitative estimate of drug-likeness (QED) is 0.872. The average Bonchev–Trinajstić information content (AvgIpc) is 2.20. The minimum Gasteiger partial charge on any atom is -0.318 e. The first-order valence-electron chi connectivity index (χ1n) is 4.95. The van der Waals surface area contributed by atoms with Crippen LogP contribution < -0.4 is 10.6 Å². The van der Waals surface area contributed by atoms with Gasteiger partial charge in [-0.15, -0.1) is 0 Å². The second kappa shape index (κ2) is 6.48. The summed E-state index contributed by atoms with van der Waals surface area (Å²) >= 11 is 9.33. The Labute approximate surface area is 105 Å². The largest absolute Gasteiger partial charge is 0.318 e. The number of benzene rings is 1. The molecule has 2 nitrogen and oxygen atoms in total. The molecule has 0 aliphatic heterocycles. The summed E-state index contributed by atoms with van der Waals surface area (Å²) in [6.45, 7) is 3.98. The molecule has 0 fully saturated rings. The maximum atomic E-state index is 5.92. The van der Waals surface area contributed by atoms with Crippen molar-refractivity contribution in [3.8, 4) is 0 Å². The molecule has 15 heavy (non-hydrogen) atoms. The minimum atomic E-state index is 0.462. The van der Waals surface area contributed by atoms with Gasteiger partial charge in [0.25, 0.3) is 0 Å². The number of hydrogen-bond acceptors (Lipinski definition) is 2. The van der Waals surface area contributed by atoms with Crippen molar-refractivity contribution in [2.45, 2.75) is 19.5 Å². The monoisotopic (exact) mass is 290 g/mol. The van der Waals surface area contributed by atoms with Crippen molar-refractivity contribution in [2.75, 3.05) is 13.6 Å². The molecule has 0 aromatic heterocycles. The molecule has 1 aromatic rings. The first kappa shape index (κ1) is 13.0. The highest BCUT2D eigenvalue weighted by atomic mass is 79.9. The summed E-state index contributed by atoms with van der Waals surface area (Å²) in [5.41, 5.74) is 1.23. The van der Waals surface area contributed by atoms with E-state index in [2.05, 4.69) is 33.5 Å². The van der Waals surface area contributed by atoms with Crippen LogP contribution in [0.1, 0.15) is 12.5 Å². The van der Waals surface area contributed by atoms with Gasteiger partial charge >= 0.3 is 0 Å². The van der Waals surface area contributed by atoms with Crippen molar-refractivity contribution in [3.63, 3.8) is 0 Å². The summed E-state index contributed by atoms with van der Waals surface area (Å²) in [4.78, 5) is 0. The van der Waals surface area contributed by atoms with Crippen molar-refractivity contribution in [3.05, 3.63) is 33.3 Å². The molecule has 0 amide bonds. The van der Waals surface area contributed by atoms with Crippen LogP contribution in [0.15, 0.2) is 22.7 Å². The van der Waals surface area contributed by atoms with Crippen LogP contribution >= 0.6 is 27.5 Å². The molecule has 0 saturated heterocycles. The van der Waals surface area contributed by atoms with Crippen molar-refractivity contribution in [2.24, 2.45) is 0 Å². The van der Waals surface area contributed by atoms with Crippen LogP contribution in [0.25, 0.3) is 0 Å². The van der Waals surface area contributed by atoms with Gasteiger partial charge in [0, 0.05) is 23.6 Å². The van der Waals surface area contributed by atoms with Gasteiger partial charge in [0.1, 0.15) is 0 Å². The van der Waals surface area contributed by atoms with E-state index in [9.17, 15) is 0 Å². The Hall–Kier alpha value is -0.0900. The maximum Gasteiger partial charge on any atom is 0.0548 e. The first-order chi connectivity index (χ1) is 7.13. The van der Waals surface area contributed by atoms with Crippen LogP contribution in [0.4, 0.5) is 0 Å². The summed E-state index contributed by atoms with van der Waals surface area (Å²) < 4.78 is 0.949. The predicted octanol–water partition coefficient (Wildman–Crippen LogP) is 2.80. The molecule has 2 N–H and O–H groups in total. The van der Waals surface area contributed by atoms with E-state index in [1.165, 1.54) is 5.56 Å². The van der Waals surface area contributed by atoms with Crippen LogP contribution in [0, 0.1) is 0 Å². The zero-order chi connectivity index (χ0) is 11.3. The maximum absolute atomic E-state index is 5.92. The third kappa shape index (κ3) is 4.51. The molecule has 1 atom stereocenters. The Morgan fingerprint density at radius 2 is 2.20 bits per heavy atom. The Morgan fingerprint density at radius 3 is 2.80 bits per heavy atom. The lowest BCUT2D eigenvalue weighted by Crippen LogP contribution is -2.34. The zero-order valence-electron chi connectivity index (χ0n) is 8.98. The summed E-state index contributed by atoms with van der Waals surface area (Å²) in [6.07, 6.45) is 0. The van der Waals surface area contributed by atoms with Crippen molar-refractivity contribution in [1.82, 2.24) is 10.6 Å². The summed E-state index contributed by atoms with van der Waals surface area (Å²) in [5, 5.41) is 7.30. The third-order valence-electron chi connectivity index (χ3n) is 2.15. The molecule has 0 bridgehead atoms. The smallest absolute Gasteiger partial charge is 0.0548 e. The van der Waals surface area contributed by atoms with Crippen molar-refractivity contribution in [1.29, 1.82) is 0 Å². The van der Waals surface area contributed by atoms with Crippen LogP contribution in [-0.2, 0) is 6.54 Å². The van der Waals surface area contributed by atoms with Crippen LogP contribution in [-0.4, -0.2) is 19.6 Å². The lowest BCUT2D eigenvalue weighted by Gasteiger charge is -2.13. The second-order valence-corrected chi connectivity index (χ2v) is 4.85. The molecule has 0 radical (unpaired) electrons. The summed E-state index contributed by atoms with van der Waals surface area (Å²) in [6, 6.07) is 6.45. The molecule has 0 aliphatic carbocycles. The van der Waals surface area contributed by atoms with E-state index in [0.29, 0.717) is 6.04 Å². The Balaban J connectivity index is 2.47. The second-order valence-electron chi connectivity index (χ2n) is 3.59. The van der Waals surface area contributed by atoms with Gasteiger partial charge in [-0.2, -0.15) is 0 Å². The van der Waals surface area contributed by atoms with Gasteiger partial charge in [-0.1, -0.05) is 17.7 Å². The number of likely N-dealkylation sites (N-methyl/N-ethyl adjacent to an activating group) is 1. The SMILES string of the molecule is CNCC(C)NCc1ccc(Cl)c(Br)c1. The Bertz CT molecular complexity index is 317. The molecule has 1 unspecified atom stereocenters. The van der Waals surface area contributed by atoms with Crippen LogP contribution in [0.3, 0.4) is 0 Å². The summed E-state index contributed by atoms with van der Waals surface area (Å²) in [5.74, 6) is 0. The van der Waals surface area contributed by atoms with E-state index in [0.717, 1.165) is 22.6 Å². The molecule has 0 spiro atoms. The van der Waals surface area contributed by atoms with E-state index in [4.69, 9.17) is 11.6 Å². The fraction of sp³-hybridized carbons (Fsp3) is 0.455. The highest BCUT2D eigenvalue weighted by Gasteiger charge is 2.01. The van der Waals surface area contributed by atoms with Gasteiger partial charge in [0.05, 0.1) is 5.02 Å². The zero-order valence-corrected chi connectivity index (χ0v) is 11.3. The Kier molecular flexibility index (Phi) is 5.61. The minimum absolute atomic E-state index is 0.462. The molecule has 0 aliphatic rings. The third-order valence-corrected chi connectivity index (χ3v) is 3.36. The number of halogens is 2. The summed E-state index contributed by atoms with van der Waals surface area (Å²) in [7, 11) is 1.96. The Morgan fingerprint density at radius 1 is 1.47 bits per heavy atom. The first-order valence-corrected chi connectivity index (χ1v) is 6.12. The fourth-order valence-electron chi connectivity index (χ4n) is 1.32. The number of hydrogen-bond donors (Lipinski definition) is 2. The topological polar surface area (TPSA) is 24.1 Å². The molecule has 0 saturated carbocycles. The van der Waals surface area contributed by atoms with Gasteiger partial charge in [0.2, 0.25) is 0 Å². The van der Waals surface area contributed by atoms with E-state index in [1.807, 2.05) is 25.2 Å². The van der Waals surface area contributed by atoms with Crippen LogP contribution in [0.5, 0.6) is 0 Å². The highest BCUT2D eigenvalue weighted by Crippen LogP contribution is 2.23. The molecule has 1 aromatic carbocycles. The number of rotatable bonds is 5. The molecule has 1 rings (SSSR count). The van der Waals surface area contributed by atoms with Gasteiger partial charge in [-0.3, -0.25) is 0 Å². The predicted molar refractivity (Wildman–Crippen MR) is 69.4 cm³/mol. The average molecular weight is 292 g/mol.